The molecule has 4 N–H and O–H groups in total. The average Bonchev–Trinajstić information content (AvgIpc) is 3.00. The summed E-state index contributed by atoms with van der Waals surface area (Å²) in [6.07, 6.45) is 2.84. The van der Waals surface area contributed by atoms with Crippen LogP contribution in [0.15, 0.2) is 29.5 Å². The van der Waals surface area contributed by atoms with Crippen molar-refractivity contribution in [2.24, 2.45) is 11.8 Å². The number of nitrogens with zero attached hydrogens (tertiary/aromatic N) is 2. The van der Waals surface area contributed by atoms with E-state index >= 15 is 0 Å². The number of anilines is 1. The van der Waals surface area contributed by atoms with Crippen LogP contribution in [-0.2, 0) is 48.2 Å². The second kappa shape index (κ2) is 15.2. The molecule has 10 heteroatoms. The molecule has 1 aromatic rings. The summed E-state index contributed by atoms with van der Waals surface area (Å²) in [6.45, 7) is 8.84. The number of nitrogens with two attached hydrogens (primary N) is 1. The van der Waals surface area contributed by atoms with Crippen molar-refractivity contribution < 1.29 is 35.4 Å². The van der Waals surface area contributed by atoms with Gasteiger partial charge in [0.2, 0.25) is 0 Å². The maximum Gasteiger partial charge on any atom is 2.00 e. The standard InChI is InChI=1S/C14H19N4OS.C8H14NO2.W/c1-8-5-6-12(7-9(8)2)17-14(19)13(10(3)15)11(4)18(16)20;1-11-8(10)7-3-2-5-9-6-4-7;/h5-7,15H,16H2,1-4H3,(H,17,19);7H,2-6H2,1H3;/q2*-1;+2/b13-11-,15-10?;;. The predicted molar refractivity (Wildman–Crippen MR) is 126 cm³/mol. The molecule has 176 valence electrons. The van der Waals surface area contributed by atoms with E-state index in [2.05, 4.69) is 15.4 Å². The van der Waals surface area contributed by atoms with Gasteiger partial charge in [-0.2, -0.15) is 0 Å². The van der Waals surface area contributed by atoms with E-state index in [0.717, 1.165) is 47.9 Å². The number of aryl methyl sites for hydroxylation is 2. The first-order chi connectivity index (χ1) is 14.6. The van der Waals surface area contributed by atoms with Crippen LogP contribution in [-0.4, -0.2) is 42.2 Å². The number of hydrogen-bond acceptors (Lipinski definition) is 7. The van der Waals surface area contributed by atoms with Gasteiger partial charge in [0.1, 0.15) is 0 Å². The number of allylic oxidation sites excluding steroid dienone is 1. The summed E-state index contributed by atoms with van der Waals surface area (Å²) in [5.41, 5.74) is 3.58. The van der Waals surface area contributed by atoms with E-state index in [9.17, 15) is 9.59 Å². The molecular formula is C22H33N5O3SW. The SMILES string of the molecule is CC(=N)/C(C(=O)Nc1ccc(C)c(C)c1)=C(\C)N(N)[S-].COC(=O)C1CCC[N-]CC1.[W+2]. The van der Waals surface area contributed by atoms with E-state index in [1.807, 2.05) is 32.0 Å². The minimum Gasteiger partial charge on any atom is -0.662 e. The summed E-state index contributed by atoms with van der Waals surface area (Å²) in [4.78, 5) is 23.3. The summed E-state index contributed by atoms with van der Waals surface area (Å²) >= 11 is 4.80. The van der Waals surface area contributed by atoms with Gasteiger partial charge in [0.25, 0.3) is 5.91 Å². The molecule has 1 fully saturated rings. The summed E-state index contributed by atoms with van der Waals surface area (Å²) in [7, 11) is 1.45. The number of methoxy groups -OCH3 is 1. The van der Waals surface area contributed by atoms with E-state index in [-0.39, 0.29) is 44.2 Å². The van der Waals surface area contributed by atoms with Crippen molar-refractivity contribution >= 4 is 36.1 Å². The van der Waals surface area contributed by atoms with Crippen LogP contribution in [0.3, 0.4) is 0 Å². The molecule has 0 bridgehead atoms. The quantitative estimate of drug-likeness (QED) is 0.114. The number of benzene rings is 1. The third-order valence-corrected chi connectivity index (χ3v) is 5.37. The average molecular weight is 631 g/mol. The van der Waals surface area contributed by atoms with Crippen LogP contribution in [0, 0.1) is 25.2 Å². The van der Waals surface area contributed by atoms with Crippen molar-refractivity contribution in [3.63, 3.8) is 0 Å². The Labute approximate surface area is 211 Å². The van der Waals surface area contributed by atoms with Crippen molar-refractivity contribution in [1.29, 1.82) is 5.41 Å². The van der Waals surface area contributed by atoms with Crippen LogP contribution in [0.2, 0.25) is 0 Å². The zero-order chi connectivity index (χ0) is 23.6. The van der Waals surface area contributed by atoms with Crippen molar-refractivity contribution in [3.8, 4) is 0 Å². The molecule has 1 atom stereocenters. The summed E-state index contributed by atoms with van der Waals surface area (Å²) in [5.74, 6) is 5.11. The number of carbonyl (C=O) groups is 2. The third-order valence-electron chi connectivity index (χ3n) is 5.10. The van der Waals surface area contributed by atoms with Crippen LogP contribution in [0.25, 0.3) is 5.32 Å². The van der Waals surface area contributed by atoms with Gasteiger partial charge in [-0.15, -0.1) is 13.1 Å². The molecule has 2 rings (SSSR count). The molecule has 0 spiro atoms. The Hall–Kier alpha value is -1.67. The Morgan fingerprint density at radius 2 is 1.88 bits per heavy atom. The number of rotatable bonds is 5. The van der Waals surface area contributed by atoms with Gasteiger partial charge in [-0.3, -0.25) is 15.4 Å². The predicted octanol–water partition coefficient (Wildman–Crippen LogP) is 3.52. The summed E-state index contributed by atoms with van der Waals surface area (Å²) in [6, 6.07) is 5.63. The largest absolute Gasteiger partial charge is 2.00 e. The summed E-state index contributed by atoms with van der Waals surface area (Å²) in [5, 5.41) is 14.7. The second-order valence-corrected chi connectivity index (χ2v) is 7.88. The molecular weight excluding hydrogens is 598 g/mol. The van der Waals surface area contributed by atoms with Crippen molar-refractivity contribution in [3.05, 3.63) is 45.9 Å². The Morgan fingerprint density at radius 1 is 1.22 bits per heavy atom. The van der Waals surface area contributed by atoms with E-state index in [0.29, 0.717) is 11.4 Å². The Balaban J connectivity index is 0.000000679. The number of hydrogen-bond donors (Lipinski definition) is 3. The molecule has 1 saturated heterocycles. The zero-order valence-corrected chi connectivity index (χ0v) is 23.1. The minimum absolute atomic E-state index is 0. The molecule has 1 unspecified atom stereocenters. The molecule has 32 heavy (non-hydrogen) atoms. The smallest absolute Gasteiger partial charge is 0.662 e. The van der Waals surface area contributed by atoms with E-state index in [1.165, 1.54) is 14.0 Å². The maximum absolute atomic E-state index is 12.3. The van der Waals surface area contributed by atoms with Crippen LogP contribution in [0.4, 0.5) is 5.69 Å². The zero-order valence-electron chi connectivity index (χ0n) is 19.4. The van der Waals surface area contributed by atoms with Gasteiger partial charge in [0, 0.05) is 17.1 Å². The number of nitrogens with one attached hydrogen (secondary N) is 2. The molecule has 0 aromatic heterocycles. The van der Waals surface area contributed by atoms with Gasteiger partial charge < -0.3 is 38.0 Å². The van der Waals surface area contributed by atoms with E-state index in [4.69, 9.17) is 24.1 Å². The Kier molecular flexibility index (Phi) is 14.4. The molecule has 1 aliphatic heterocycles. The van der Waals surface area contributed by atoms with Crippen molar-refractivity contribution in [2.75, 3.05) is 25.5 Å². The number of hydrazine groups is 1. The van der Waals surface area contributed by atoms with Crippen LogP contribution >= 0.6 is 0 Å². The molecule has 8 nitrogen and oxygen atoms in total. The van der Waals surface area contributed by atoms with E-state index < -0.39 is 5.91 Å². The van der Waals surface area contributed by atoms with Crippen molar-refractivity contribution in [1.82, 2.24) is 4.41 Å². The Bertz CT molecular complexity index is 822. The molecule has 1 aromatic carbocycles. The first-order valence-electron chi connectivity index (χ1n) is 10.2. The fourth-order valence-corrected chi connectivity index (χ4v) is 3.18. The molecule has 0 aliphatic carbocycles. The van der Waals surface area contributed by atoms with Crippen LogP contribution in [0.1, 0.15) is 44.2 Å². The normalized spacial score (nSPS) is 16.2. The molecule has 1 heterocycles. The molecule has 0 saturated carbocycles. The molecule has 0 radical (unpaired) electrons. The third kappa shape index (κ3) is 9.86. The van der Waals surface area contributed by atoms with Gasteiger partial charge in [0.15, 0.2) is 0 Å². The van der Waals surface area contributed by atoms with Crippen LogP contribution in [0.5, 0.6) is 0 Å². The van der Waals surface area contributed by atoms with Gasteiger partial charge >= 0.3 is 27.0 Å². The van der Waals surface area contributed by atoms with Gasteiger partial charge in [-0.05, 0) is 57.4 Å². The van der Waals surface area contributed by atoms with E-state index in [1.54, 1.807) is 6.92 Å². The Morgan fingerprint density at radius 3 is 2.41 bits per heavy atom. The monoisotopic (exact) mass is 631 g/mol. The number of ether oxygens (including phenoxy) is 1. The number of amides is 1. The maximum atomic E-state index is 12.3. The summed E-state index contributed by atoms with van der Waals surface area (Å²) < 4.78 is 5.59. The molecule has 1 amide bonds. The van der Waals surface area contributed by atoms with Crippen LogP contribution < -0.4 is 11.2 Å². The fraction of sp³-hybridized carbons (Fsp3) is 0.500. The first-order valence-corrected chi connectivity index (χ1v) is 10.5. The number of carbonyl (C=O) groups excluding carboxylic acids is 2. The van der Waals surface area contributed by atoms with Crippen molar-refractivity contribution in [2.45, 2.75) is 47.0 Å². The second-order valence-electron chi connectivity index (χ2n) is 7.49. The first kappa shape index (κ1) is 30.3. The molecule has 1 aliphatic rings. The fourth-order valence-electron chi connectivity index (χ4n) is 3.08. The van der Waals surface area contributed by atoms with Gasteiger partial charge in [0.05, 0.1) is 18.6 Å². The number of esters is 1. The topological polar surface area (TPSA) is 123 Å². The van der Waals surface area contributed by atoms with Gasteiger partial charge in [-0.25, -0.2) is 0 Å². The minimum atomic E-state index is -0.390. The van der Waals surface area contributed by atoms with Gasteiger partial charge in [-0.1, -0.05) is 18.9 Å².